The normalized spacial score (nSPS) is 11.2. The van der Waals surface area contributed by atoms with Crippen molar-refractivity contribution in [3.8, 4) is 0 Å². The number of rotatable bonds is 8. The molecule has 0 heterocycles. The molecule has 0 aliphatic carbocycles. The molecular weight excluding hydrogens is 450 g/mol. The van der Waals surface area contributed by atoms with E-state index in [1.54, 1.807) is 36.4 Å². The predicted octanol–water partition coefficient (Wildman–Crippen LogP) is 4.42. The Kier molecular flexibility index (Phi) is 7.73. The van der Waals surface area contributed by atoms with E-state index in [2.05, 4.69) is 15.4 Å². The summed E-state index contributed by atoms with van der Waals surface area (Å²) in [5, 5.41) is 5.61. The molecular formula is C26H29N3O4S. The van der Waals surface area contributed by atoms with E-state index in [4.69, 9.17) is 0 Å². The second-order valence-corrected chi connectivity index (χ2v) is 10.2. The van der Waals surface area contributed by atoms with Gasteiger partial charge < -0.3 is 10.6 Å². The van der Waals surface area contributed by atoms with Crippen molar-refractivity contribution in [3.05, 3.63) is 89.0 Å². The lowest BCUT2D eigenvalue weighted by atomic mass is 10.1. The van der Waals surface area contributed by atoms with Crippen LogP contribution >= 0.6 is 0 Å². The van der Waals surface area contributed by atoms with Crippen LogP contribution in [0.1, 0.15) is 40.9 Å². The van der Waals surface area contributed by atoms with Gasteiger partial charge in [0.15, 0.2) is 0 Å². The number of hydrogen-bond acceptors (Lipinski definition) is 4. The smallest absolute Gasteiger partial charge is 0.261 e. The number of amides is 2. The molecule has 34 heavy (non-hydrogen) atoms. The fourth-order valence-electron chi connectivity index (χ4n) is 3.27. The number of benzene rings is 3. The van der Waals surface area contributed by atoms with Crippen LogP contribution in [-0.2, 0) is 21.2 Å². The van der Waals surface area contributed by atoms with E-state index in [1.165, 1.54) is 24.3 Å². The Hall–Kier alpha value is -3.65. The van der Waals surface area contributed by atoms with E-state index in [0.717, 1.165) is 16.7 Å². The summed E-state index contributed by atoms with van der Waals surface area (Å²) in [6.45, 7) is 7.68. The molecule has 7 nitrogen and oxygen atoms in total. The number of sulfonamides is 1. The van der Waals surface area contributed by atoms with Crippen molar-refractivity contribution in [2.75, 3.05) is 10.0 Å². The van der Waals surface area contributed by atoms with Gasteiger partial charge in [0.1, 0.15) is 0 Å². The molecule has 0 aromatic heterocycles. The zero-order valence-corrected chi connectivity index (χ0v) is 20.5. The number of carbonyl (C=O) groups excluding carboxylic acids is 2. The molecule has 3 rings (SSSR count). The molecule has 0 fully saturated rings. The third-order valence-electron chi connectivity index (χ3n) is 5.21. The summed E-state index contributed by atoms with van der Waals surface area (Å²) in [6.07, 6.45) is 0.262. The lowest BCUT2D eigenvalue weighted by Gasteiger charge is -2.11. The lowest BCUT2D eigenvalue weighted by Crippen LogP contribution is -2.31. The van der Waals surface area contributed by atoms with E-state index >= 15 is 0 Å². The highest BCUT2D eigenvalue weighted by Gasteiger charge is 2.16. The quantitative estimate of drug-likeness (QED) is 0.445. The van der Waals surface area contributed by atoms with Crippen molar-refractivity contribution >= 4 is 33.2 Å². The fourth-order valence-corrected chi connectivity index (χ4v) is 4.32. The topological polar surface area (TPSA) is 104 Å². The van der Waals surface area contributed by atoms with Gasteiger partial charge in [0.25, 0.3) is 15.9 Å². The van der Waals surface area contributed by atoms with E-state index in [9.17, 15) is 18.0 Å². The Balaban J connectivity index is 1.63. The molecule has 0 radical (unpaired) electrons. The van der Waals surface area contributed by atoms with E-state index in [-0.39, 0.29) is 29.2 Å². The molecule has 178 valence electrons. The first-order valence-electron chi connectivity index (χ1n) is 10.9. The van der Waals surface area contributed by atoms with Gasteiger partial charge in [0.2, 0.25) is 5.91 Å². The maximum absolute atomic E-state index is 12.7. The number of hydrogen-bond donors (Lipinski definition) is 3. The predicted molar refractivity (Wildman–Crippen MR) is 135 cm³/mol. The molecule has 0 aliphatic rings. The Labute approximate surface area is 200 Å². The van der Waals surface area contributed by atoms with Crippen LogP contribution in [0.25, 0.3) is 0 Å². The minimum atomic E-state index is -3.78. The van der Waals surface area contributed by atoms with Gasteiger partial charge in [-0.05, 0) is 92.9 Å². The van der Waals surface area contributed by atoms with Crippen LogP contribution in [0.2, 0.25) is 0 Å². The molecule has 3 aromatic carbocycles. The lowest BCUT2D eigenvalue weighted by molar-refractivity contribution is -0.120. The summed E-state index contributed by atoms with van der Waals surface area (Å²) < 4.78 is 28.0. The summed E-state index contributed by atoms with van der Waals surface area (Å²) in [5.74, 6) is -0.426. The molecule has 0 saturated heterocycles. The van der Waals surface area contributed by atoms with Gasteiger partial charge >= 0.3 is 0 Å². The average molecular weight is 480 g/mol. The zero-order valence-electron chi connectivity index (χ0n) is 19.7. The minimum absolute atomic E-state index is 0.0613. The SMILES string of the molecule is Cc1ccc(NS(=O)(=O)c2ccc(C(=O)Nc3ccc(CC(=O)NC(C)C)cc3)cc2)cc1C. The molecule has 0 saturated carbocycles. The first-order chi connectivity index (χ1) is 16.0. The fraction of sp³-hybridized carbons (Fsp3) is 0.231. The summed E-state index contributed by atoms with van der Waals surface area (Å²) in [5.41, 5.74) is 4.28. The van der Waals surface area contributed by atoms with Gasteiger partial charge in [-0.15, -0.1) is 0 Å². The Morgan fingerprint density at radius 1 is 0.824 bits per heavy atom. The van der Waals surface area contributed by atoms with Gasteiger partial charge in [-0.1, -0.05) is 18.2 Å². The largest absolute Gasteiger partial charge is 0.354 e. The molecule has 0 spiro atoms. The molecule has 8 heteroatoms. The van der Waals surface area contributed by atoms with Gasteiger partial charge in [-0.3, -0.25) is 14.3 Å². The Morgan fingerprint density at radius 3 is 2.03 bits per heavy atom. The van der Waals surface area contributed by atoms with Crippen molar-refractivity contribution in [2.24, 2.45) is 0 Å². The molecule has 2 amide bonds. The van der Waals surface area contributed by atoms with Crippen LogP contribution in [-0.4, -0.2) is 26.3 Å². The minimum Gasteiger partial charge on any atom is -0.354 e. The van der Waals surface area contributed by atoms with Crippen molar-refractivity contribution in [2.45, 2.75) is 45.1 Å². The standard InChI is InChI=1S/C26H29N3O4S/c1-17(2)27-25(30)16-20-6-11-22(12-7-20)28-26(31)21-8-13-24(14-9-21)34(32,33)29-23-10-5-18(3)19(4)15-23/h5-15,17,29H,16H2,1-4H3,(H,27,30)(H,28,31). The van der Waals surface area contributed by atoms with Gasteiger partial charge in [-0.25, -0.2) is 8.42 Å². The van der Waals surface area contributed by atoms with Crippen LogP contribution in [0, 0.1) is 13.8 Å². The Morgan fingerprint density at radius 2 is 1.44 bits per heavy atom. The van der Waals surface area contributed by atoms with Crippen molar-refractivity contribution < 1.29 is 18.0 Å². The maximum atomic E-state index is 12.7. The highest BCUT2D eigenvalue weighted by Crippen LogP contribution is 2.20. The monoisotopic (exact) mass is 479 g/mol. The highest BCUT2D eigenvalue weighted by molar-refractivity contribution is 7.92. The van der Waals surface area contributed by atoms with Crippen LogP contribution in [0.15, 0.2) is 71.6 Å². The summed E-state index contributed by atoms with van der Waals surface area (Å²) in [7, 11) is -3.78. The number of aryl methyl sites for hydroxylation is 2. The van der Waals surface area contributed by atoms with Crippen molar-refractivity contribution in [3.63, 3.8) is 0 Å². The molecule has 0 aliphatic heterocycles. The van der Waals surface area contributed by atoms with Crippen LogP contribution in [0.3, 0.4) is 0 Å². The summed E-state index contributed by atoms with van der Waals surface area (Å²) in [4.78, 5) is 24.5. The van der Waals surface area contributed by atoms with Gasteiger partial charge in [-0.2, -0.15) is 0 Å². The van der Waals surface area contributed by atoms with Crippen LogP contribution in [0.4, 0.5) is 11.4 Å². The number of anilines is 2. The zero-order chi connectivity index (χ0) is 24.9. The van der Waals surface area contributed by atoms with Gasteiger partial charge in [0.05, 0.1) is 11.3 Å². The van der Waals surface area contributed by atoms with Crippen LogP contribution in [0.5, 0.6) is 0 Å². The molecule has 0 unspecified atom stereocenters. The van der Waals surface area contributed by atoms with E-state index in [1.807, 2.05) is 33.8 Å². The van der Waals surface area contributed by atoms with Crippen molar-refractivity contribution in [1.82, 2.24) is 5.32 Å². The summed E-state index contributed by atoms with van der Waals surface area (Å²) >= 11 is 0. The first-order valence-corrected chi connectivity index (χ1v) is 12.4. The maximum Gasteiger partial charge on any atom is 0.261 e. The third-order valence-corrected chi connectivity index (χ3v) is 6.61. The number of carbonyl (C=O) groups is 2. The second-order valence-electron chi connectivity index (χ2n) is 8.48. The van der Waals surface area contributed by atoms with Gasteiger partial charge in [0, 0.05) is 23.0 Å². The highest BCUT2D eigenvalue weighted by atomic mass is 32.2. The van der Waals surface area contributed by atoms with E-state index < -0.39 is 10.0 Å². The third kappa shape index (κ3) is 6.68. The van der Waals surface area contributed by atoms with Crippen molar-refractivity contribution in [1.29, 1.82) is 0 Å². The average Bonchev–Trinajstić information content (AvgIpc) is 2.77. The molecule has 0 bridgehead atoms. The molecule has 0 atom stereocenters. The molecule has 3 N–H and O–H groups in total. The van der Waals surface area contributed by atoms with E-state index in [0.29, 0.717) is 16.9 Å². The number of nitrogens with one attached hydrogen (secondary N) is 3. The second kappa shape index (κ2) is 10.5. The molecule has 3 aromatic rings. The first kappa shape index (κ1) is 25.0. The van der Waals surface area contributed by atoms with Crippen LogP contribution < -0.4 is 15.4 Å². The Bertz CT molecular complexity index is 1280. The summed E-state index contributed by atoms with van der Waals surface area (Å²) in [6, 6.07) is 18.2.